The van der Waals surface area contributed by atoms with Gasteiger partial charge >= 0.3 is 0 Å². The predicted octanol–water partition coefficient (Wildman–Crippen LogP) is 2.35. The molecule has 1 saturated carbocycles. The van der Waals surface area contributed by atoms with Crippen LogP contribution in [0.1, 0.15) is 53.4 Å². The molecule has 4 heteroatoms. The minimum Gasteiger partial charge on any atom is -0.389 e. The van der Waals surface area contributed by atoms with E-state index in [1.54, 1.807) is 0 Å². The lowest BCUT2D eigenvalue weighted by atomic mass is 9.89. The Morgan fingerprint density at radius 1 is 1.35 bits per heavy atom. The van der Waals surface area contributed by atoms with Crippen molar-refractivity contribution in [1.82, 2.24) is 5.32 Å². The summed E-state index contributed by atoms with van der Waals surface area (Å²) in [6, 6.07) is 0. The van der Waals surface area contributed by atoms with Gasteiger partial charge in [0.25, 0.3) is 0 Å². The van der Waals surface area contributed by atoms with Crippen LogP contribution in [0.2, 0.25) is 0 Å². The Morgan fingerprint density at radius 3 is 2.75 bits per heavy atom. The van der Waals surface area contributed by atoms with E-state index in [0.29, 0.717) is 25.9 Å². The van der Waals surface area contributed by atoms with E-state index in [2.05, 4.69) is 26.1 Å². The second-order valence-corrected chi connectivity index (χ2v) is 6.70. The van der Waals surface area contributed by atoms with Gasteiger partial charge in [0.15, 0.2) is 0 Å². The summed E-state index contributed by atoms with van der Waals surface area (Å²) in [5.74, 6) is 0.760. The molecule has 3 atom stereocenters. The molecule has 3 unspecified atom stereocenters. The molecule has 0 aromatic heterocycles. The van der Waals surface area contributed by atoms with Crippen molar-refractivity contribution in [3.8, 4) is 0 Å². The molecule has 0 radical (unpaired) electrons. The quantitative estimate of drug-likeness (QED) is 0.683. The molecule has 0 saturated heterocycles. The number of aliphatic hydroxyl groups is 1. The Bertz CT molecular complexity index is 258. The van der Waals surface area contributed by atoms with E-state index in [0.717, 1.165) is 25.3 Å². The van der Waals surface area contributed by atoms with E-state index < -0.39 is 6.10 Å². The molecule has 1 aliphatic carbocycles. The van der Waals surface area contributed by atoms with Gasteiger partial charge in [-0.2, -0.15) is 0 Å². The molecular formula is C16H33NO3. The second kappa shape index (κ2) is 8.98. The minimum absolute atomic E-state index is 0.186. The van der Waals surface area contributed by atoms with Crippen LogP contribution in [0.3, 0.4) is 0 Å². The molecule has 120 valence electrons. The van der Waals surface area contributed by atoms with Crippen molar-refractivity contribution < 1.29 is 14.6 Å². The first-order valence-electron chi connectivity index (χ1n) is 8.07. The van der Waals surface area contributed by atoms with Gasteiger partial charge in [-0.05, 0) is 39.5 Å². The van der Waals surface area contributed by atoms with E-state index in [1.165, 1.54) is 12.8 Å². The number of ether oxygens (including phenoxy) is 2. The Kier molecular flexibility index (Phi) is 8.03. The summed E-state index contributed by atoms with van der Waals surface area (Å²) in [6.45, 7) is 10.8. The first-order chi connectivity index (χ1) is 9.43. The third-order valence-corrected chi connectivity index (χ3v) is 3.88. The van der Waals surface area contributed by atoms with Gasteiger partial charge in [-0.1, -0.05) is 19.8 Å². The van der Waals surface area contributed by atoms with Crippen molar-refractivity contribution in [2.24, 2.45) is 5.92 Å². The molecule has 0 spiro atoms. The van der Waals surface area contributed by atoms with Crippen LogP contribution in [-0.2, 0) is 9.47 Å². The predicted molar refractivity (Wildman–Crippen MR) is 82.0 cm³/mol. The SMILES string of the molecule is CCOC(C)(C)CNCC(O)COC1CCCC(C)C1. The molecule has 0 heterocycles. The fraction of sp³-hybridized carbons (Fsp3) is 1.00. The van der Waals surface area contributed by atoms with E-state index in [4.69, 9.17) is 9.47 Å². The molecule has 0 aliphatic heterocycles. The van der Waals surface area contributed by atoms with Crippen LogP contribution in [0.25, 0.3) is 0 Å². The molecule has 1 fully saturated rings. The first kappa shape index (κ1) is 17.9. The molecule has 0 aromatic rings. The first-order valence-corrected chi connectivity index (χ1v) is 8.07. The van der Waals surface area contributed by atoms with E-state index in [9.17, 15) is 5.11 Å². The van der Waals surface area contributed by atoms with Crippen LogP contribution in [0, 0.1) is 5.92 Å². The van der Waals surface area contributed by atoms with Gasteiger partial charge in [-0.15, -0.1) is 0 Å². The molecule has 20 heavy (non-hydrogen) atoms. The Labute approximate surface area is 124 Å². The molecule has 0 bridgehead atoms. The average molecular weight is 287 g/mol. The normalized spacial score (nSPS) is 25.6. The van der Waals surface area contributed by atoms with E-state index in [-0.39, 0.29) is 5.60 Å². The maximum absolute atomic E-state index is 9.94. The van der Waals surface area contributed by atoms with Crippen molar-refractivity contribution in [3.63, 3.8) is 0 Å². The van der Waals surface area contributed by atoms with Crippen molar-refractivity contribution in [2.75, 3.05) is 26.3 Å². The Hall–Kier alpha value is -0.160. The van der Waals surface area contributed by atoms with Gasteiger partial charge in [-0.3, -0.25) is 0 Å². The highest BCUT2D eigenvalue weighted by atomic mass is 16.5. The fourth-order valence-electron chi connectivity index (χ4n) is 2.82. The lowest BCUT2D eigenvalue weighted by Crippen LogP contribution is -2.42. The summed E-state index contributed by atoms with van der Waals surface area (Å²) < 4.78 is 11.4. The van der Waals surface area contributed by atoms with Crippen LogP contribution in [-0.4, -0.2) is 49.2 Å². The van der Waals surface area contributed by atoms with Crippen LogP contribution in [0.15, 0.2) is 0 Å². The standard InChI is InChI=1S/C16H33NO3/c1-5-20-16(3,4)12-17-10-14(18)11-19-15-8-6-7-13(2)9-15/h13-15,17-18H,5-12H2,1-4H3. The summed E-state index contributed by atoms with van der Waals surface area (Å²) in [4.78, 5) is 0. The van der Waals surface area contributed by atoms with Crippen molar-refractivity contribution in [3.05, 3.63) is 0 Å². The van der Waals surface area contributed by atoms with E-state index in [1.807, 2.05) is 6.92 Å². The summed E-state index contributed by atoms with van der Waals surface area (Å²) >= 11 is 0. The molecular weight excluding hydrogens is 254 g/mol. The maximum atomic E-state index is 9.94. The average Bonchev–Trinajstić information content (AvgIpc) is 2.36. The smallest absolute Gasteiger partial charge is 0.0897 e. The summed E-state index contributed by atoms with van der Waals surface area (Å²) in [5.41, 5.74) is -0.186. The highest BCUT2D eigenvalue weighted by Crippen LogP contribution is 2.25. The number of hydrogen-bond donors (Lipinski definition) is 2. The summed E-state index contributed by atoms with van der Waals surface area (Å²) in [5, 5.41) is 13.2. The van der Waals surface area contributed by atoms with Gasteiger partial charge in [0.05, 0.1) is 24.4 Å². The van der Waals surface area contributed by atoms with Gasteiger partial charge in [0, 0.05) is 19.7 Å². The van der Waals surface area contributed by atoms with Crippen LogP contribution in [0.5, 0.6) is 0 Å². The zero-order chi connectivity index (χ0) is 15.0. The zero-order valence-electron chi connectivity index (χ0n) is 13.7. The van der Waals surface area contributed by atoms with Crippen LogP contribution >= 0.6 is 0 Å². The summed E-state index contributed by atoms with van der Waals surface area (Å²) in [7, 11) is 0. The van der Waals surface area contributed by atoms with Crippen molar-refractivity contribution in [1.29, 1.82) is 0 Å². The third-order valence-electron chi connectivity index (χ3n) is 3.88. The van der Waals surface area contributed by atoms with Crippen LogP contribution in [0.4, 0.5) is 0 Å². The van der Waals surface area contributed by atoms with Crippen molar-refractivity contribution in [2.45, 2.75) is 71.2 Å². The van der Waals surface area contributed by atoms with Crippen LogP contribution < -0.4 is 5.32 Å². The third kappa shape index (κ3) is 7.58. The van der Waals surface area contributed by atoms with Gasteiger partial charge in [-0.25, -0.2) is 0 Å². The monoisotopic (exact) mass is 287 g/mol. The topological polar surface area (TPSA) is 50.7 Å². The van der Waals surface area contributed by atoms with Crippen molar-refractivity contribution >= 4 is 0 Å². The molecule has 1 aliphatic rings. The lowest BCUT2D eigenvalue weighted by molar-refractivity contribution is -0.0357. The number of hydrogen-bond acceptors (Lipinski definition) is 4. The summed E-state index contributed by atoms with van der Waals surface area (Å²) in [6.07, 6.45) is 4.75. The molecule has 1 rings (SSSR count). The second-order valence-electron chi connectivity index (χ2n) is 6.70. The Morgan fingerprint density at radius 2 is 2.10 bits per heavy atom. The molecule has 0 amide bonds. The molecule has 0 aromatic carbocycles. The Balaban J connectivity index is 2.09. The van der Waals surface area contributed by atoms with Gasteiger partial charge in [0.1, 0.15) is 0 Å². The molecule has 4 nitrogen and oxygen atoms in total. The highest BCUT2D eigenvalue weighted by molar-refractivity contribution is 4.74. The fourth-order valence-corrected chi connectivity index (χ4v) is 2.82. The minimum atomic E-state index is -0.440. The number of rotatable bonds is 9. The van der Waals surface area contributed by atoms with Gasteiger partial charge in [0.2, 0.25) is 0 Å². The maximum Gasteiger partial charge on any atom is 0.0897 e. The zero-order valence-corrected chi connectivity index (χ0v) is 13.7. The molecule has 2 N–H and O–H groups in total. The number of nitrogens with one attached hydrogen (secondary N) is 1. The number of aliphatic hydroxyl groups excluding tert-OH is 1. The lowest BCUT2D eigenvalue weighted by Gasteiger charge is -2.28. The van der Waals surface area contributed by atoms with Gasteiger partial charge < -0.3 is 19.9 Å². The highest BCUT2D eigenvalue weighted by Gasteiger charge is 2.21. The van der Waals surface area contributed by atoms with E-state index >= 15 is 0 Å². The largest absolute Gasteiger partial charge is 0.389 e.